The lowest BCUT2D eigenvalue weighted by Crippen LogP contribution is -2.15. The first-order chi connectivity index (χ1) is 6.29. The SMILES string of the molecule is C=CCCC(NC)c1ccoc1Br. The summed E-state index contributed by atoms with van der Waals surface area (Å²) >= 11 is 3.37. The van der Waals surface area contributed by atoms with Crippen LogP contribution in [-0.2, 0) is 0 Å². The smallest absolute Gasteiger partial charge is 0.173 e. The Morgan fingerprint density at radius 2 is 2.54 bits per heavy atom. The molecule has 1 N–H and O–H groups in total. The maximum Gasteiger partial charge on any atom is 0.173 e. The predicted octanol–water partition coefficient (Wildman–Crippen LogP) is 3.27. The fourth-order valence-electron chi connectivity index (χ4n) is 1.29. The van der Waals surface area contributed by atoms with Crippen LogP contribution in [0.15, 0.2) is 34.1 Å². The van der Waals surface area contributed by atoms with Gasteiger partial charge < -0.3 is 9.73 Å². The first kappa shape index (κ1) is 10.5. The Balaban J connectivity index is 2.66. The highest BCUT2D eigenvalue weighted by molar-refractivity contribution is 9.10. The van der Waals surface area contributed by atoms with Gasteiger partial charge in [0.15, 0.2) is 4.67 Å². The maximum atomic E-state index is 5.18. The van der Waals surface area contributed by atoms with Crippen LogP contribution >= 0.6 is 15.9 Å². The molecule has 13 heavy (non-hydrogen) atoms. The lowest BCUT2D eigenvalue weighted by molar-refractivity contribution is 0.507. The highest BCUT2D eigenvalue weighted by Gasteiger charge is 2.13. The normalized spacial score (nSPS) is 12.8. The summed E-state index contributed by atoms with van der Waals surface area (Å²) in [4.78, 5) is 0. The molecule has 0 spiro atoms. The second-order valence-corrected chi connectivity index (χ2v) is 3.58. The van der Waals surface area contributed by atoms with E-state index in [4.69, 9.17) is 4.42 Å². The Morgan fingerprint density at radius 3 is 3.00 bits per heavy atom. The van der Waals surface area contributed by atoms with Crippen molar-refractivity contribution in [3.8, 4) is 0 Å². The van der Waals surface area contributed by atoms with Gasteiger partial charge in [-0.25, -0.2) is 0 Å². The molecule has 1 unspecified atom stereocenters. The molecule has 0 aliphatic rings. The first-order valence-electron chi connectivity index (χ1n) is 4.30. The second-order valence-electron chi connectivity index (χ2n) is 2.86. The average molecular weight is 244 g/mol. The van der Waals surface area contributed by atoms with Gasteiger partial charge in [0.1, 0.15) is 0 Å². The summed E-state index contributed by atoms with van der Waals surface area (Å²) in [6.45, 7) is 3.71. The summed E-state index contributed by atoms with van der Waals surface area (Å²) in [7, 11) is 1.95. The highest BCUT2D eigenvalue weighted by Crippen LogP contribution is 2.27. The monoisotopic (exact) mass is 243 g/mol. The minimum atomic E-state index is 0.339. The molecule has 0 aromatic carbocycles. The Bertz CT molecular complexity index is 270. The third-order valence-corrected chi connectivity index (χ3v) is 2.67. The van der Waals surface area contributed by atoms with Crippen LogP contribution in [0.3, 0.4) is 0 Å². The largest absolute Gasteiger partial charge is 0.457 e. The molecule has 0 aliphatic heterocycles. The van der Waals surface area contributed by atoms with E-state index in [-0.39, 0.29) is 0 Å². The molecule has 1 atom stereocenters. The molecule has 0 fully saturated rings. The molecule has 0 bridgehead atoms. The summed E-state index contributed by atoms with van der Waals surface area (Å²) in [5, 5.41) is 3.24. The van der Waals surface area contributed by atoms with E-state index in [1.165, 1.54) is 5.56 Å². The number of hydrogen-bond acceptors (Lipinski definition) is 2. The van der Waals surface area contributed by atoms with Crippen molar-refractivity contribution in [2.24, 2.45) is 0 Å². The van der Waals surface area contributed by atoms with Gasteiger partial charge in [-0.3, -0.25) is 0 Å². The Labute approximate surface area is 87.1 Å². The highest BCUT2D eigenvalue weighted by atomic mass is 79.9. The van der Waals surface area contributed by atoms with Crippen LogP contribution in [0.1, 0.15) is 24.4 Å². The van der Waals surface area contributed by atoms with Crippen molar-refractivity contribution in [3.63, 3.8) is 0 Å². The third-order valence-electron chi connectivity index (χ3n) is 2.03. The third kappa shape index (κ3) is 2.71. The molecule has 0 radical (unpaired) electrons. The van der Waals surface area contributed by atoms with E-state index in [2.05, 4.69) is 27.8 Å². The molecule has 0 aliphatic carbocycles. The number of allylic oxidation sites excluding steroid dienone is 1. The molecular formula is C10H14BrNO. The quantitative estimate of drug-likeness (QED) is 0.804. The molecule has 3 heteroatoms. The Kier molecular flexibility index (Phi) is 4.25. The lowest BCUT2D eigenvalue weighted by Gasteiger charge is -2.13. The van der Waals surface area contributed by atoms with Crippen molar-refractivity contribution >= 4 is 15.9 Å². The molecule has 1 aromatic heterocycles. The fraction of sp³-hybridized carbons (Fsp3) is 0.400. The zero-order valence-corrected chi connectivity index (χ0v) is 9.30. The molecule has 0 saturated heterocycles. The zero-order chi connectivity index (χ0) is 9.68. The van der Waals surface area contributed by atoms with E-state index < -0.39 is 0 Å². The minimum absolute atomic E-state index is 0.339. The van der Waals surface area contributed by atoms with Crippen molar-refractivity contribution in [1.82, 2.24) is 5.32 Å². The average Bonchev–Trinajstić information content (AvgIpc) is 2.54. The van der Waals surface area contributed by atoms with Gasteiger partial charge in [-0.1, -0.05) is 6.08 Å². The lowest BCUT2D eigenvalue weighted by atomic mass is 10.1. The van der Waals surface area contributed by atoms with Gasteiger partial charge in [-0.05, 0) is 41.9 Å². The zero-order valence-electron chi connectivity index (χ0n) is 7.72. The predicted molar refractivity (Wildman–Crippen MR) is 57.6 cm³/mol. The molecule has 1 aromatic rings. The minimum Gasteiger partial charge on any atom is -0.457 e. The number of rotatable bonds is 5. The van der Waals surface area contributed by atoms with Gasteiger partial charge >= 0.3 is 0 Å². The van der Waals surface area contributed by atoms with Crippen LogP contribution in [0.2, 0.25) is 0 Å². The number of halogens is 1. The molecule has 72 valence electrons. The maximum absolute atomic E-state index is 5.18. The molecule has 1 heterocycles. The van der Waals surface area contributed by atoms with E-state index in [1.54, 1.807) is 6.26 Å². The van der Waals surface area contributed by atoms with E-state index in [0.29, 0.717) is 6.04 Å². The van der Waals surface area contributed by atoms with Crippen LogP contribution in [0.4, 0.5) is 0 Å². The topological polar surface area (TPSA) is 25.2 Å². The Hall–Kier alpha value is -0.540. The number of hydrogen-bond donors (Lipinski definition) is 1. The van der Waals surface area contributed by atoms with Crippen LogP contribution in [0.25, 0.3) is 0 Å². The fourth-order valence-corrected chi connectivity index (χ4v) is 1.81. The van der Waals surface area contributed by atoms with Gasteiger partial charge in [0.25, 0.3) is 0 Å². The van der Waals surface area contributed by atoms with Crippen molar-refractivity contribution in [2.75, 3.05) is 7.05 Å². The molecule has 0 amide bonds. The number of furan rings is 1. The summed E-state index contributed by atoms with van der Waals surface area (Å²) in [6, 6.07) is 2.32. The number of nitrogens with one attached hydrogen (secondary N) is 1. The van der Waals surface area contributed by atoms with Crippen molar-refractivity contribution in [3.05, 3.63) is 35.2 Å². The van der Waals surface area contributed by atoms with E-state index >= 15 is 0 Å². The van der Waals surface area contributed by atoms with Crippen molar-refractivity contribution in [1.29, 1.82) is 0 Å². The molecule has 0 saturated carbocycles. The van der Waals surface area contributed by atoms with Gasteiger partial charge in [0, 0.05) is 11.6 Å². The standard InChI is InChI=1S/C10H14BrNO/c1-3-4-5-9(12-2)8-6-7-13-10(8)11/h3,6-7,9,12H,1,4-5H2,2H3. The van der Waals surface area contributed by atoms with Gasteiger partial charge in [0.05, 0.1) is 6.26 Å². The summed E-state index contributed by atoms with van der Waals surface area (Å²) in [6.07, 6.45) is 5.66. The van der Waals surface area contributed by atoms with Gasteiger partial charge in [0.2, 0.25) is 0 Å². The molecule has 2 nitrogen and oxygen atoms in total. The summed E-state index contributed by atoms with van der Waals surface area (Å²) in [5.41, 5.74) is 1.17. The summed E-state index contributed by atoms with van der Waals surface area (Å²) in [5.74, 6) is 0. The van der Waals surface area contributed by atoms with Crippen LogP contribution in [0.5, 0.6) is 0 Å². The van der Waals surface area contributed by atoms with Crippen LogP contribution < -0.4 is 5.32 Å². The van der Waals surface area contributed by atoms with Crippen LogP contribution in [-0.4, -0.2) is 7.05 Å². The first-order valence-corrected chi connectivity index (χ1v) is 5.10. The second kappa shape index (κ2) is 5.25. The molecule has 1 rings (SSSR count). The van der Waals surface area contributed by atoms with Crippen molar-refractivity contribution in [2.45, 2.75) is 18.9 Å². The van der Waals surface area contributed by atoms with E-state index in [9.17, 15) is 0 Å². The summed E-state index contributed by atoms with van der Waals surface area (Å²) < 4.78 is 5.99. The van der Waals surface area contributed by atoms with E-state index in [0.717, 1.165) is 17.5 Å². The molecular weight excluding hydrogens is 230 g/mol. The van der Waals surface area contributed by atoms with Gasteiger partial charge in [-0.15, -0.1) is 6.58 Å². The van der Waals surface area contributed by atoms with Crippen LogP contribution in [0, 0.1) is 0 Å². The van der Waals surface area contributed by atoms with Gasteiger partial charge in [-0.2, -0.15) is 0 Å². The van der Waals surface area contributed by atoms with E-state index in [1.807, 2.05) is 19.2 Å². The van der Waals surface area contributed by atoms with Crippen molar-refractivity contribution < 1.29 is 4.42 Å². The Morgan fingerprint density at radius 1 is 1.77 bits per heavy atom.